The summed E-state index contributed by atoms with van der Waals surface area (Å²) in [5.74, 6) is -0.649. The standard InChI is InChI=1S/C17H14Cl4N2O4S/c18-11-2-1-3-14(16(11)21)22-17(24)10-8-15(13(20)9-12(10)19)28(25,26)23-4-6-27-7-5-23/h1-3,8-9H,4-7H2,(H,22,24). The van der Waals surface area contributed by atoms with Crippen molar-refractivity contribution >= 4 is 68.0 Å². The fourth-order valence-corrected chi connectivity index (χ4v) is 5.21. The van der Waals surface area contributed by atoms with Gasteiger partial charge < -0.3 is 10.1 Å². The van der Waals surface area contributed by atoms with Crippen LogP contribution in [0.5, 0.6) is 0 Å². The van der Waals surface area contributed by atoms with Gasteiger partial charge in [0.2, 0.25) is 10.0 Å². The van der Waals surface area contributed by atoms with Crippen molar-refractivity contribution in [1.29, 1.82) is 0 Å². The van der Waals surface area contributed by atoms with Gasteiger partial charge in [-0.05, 0) is 24.3 Å². The van der Waals surface area contributed by atoms with Crippen molar-refractivity contribution in [2.24, 2.45) is 0 Å². The van der Waals surface area contributed by atoms with Crippen LogP contribution >= 0.6 is 46.4 Å². The lowest BCUT2D eigenvalue weighted by atomic mass is 10.2. The fourth-order valence-electron chi connectivity index (χ4n) is 2.62. The number of morpholine rings is 1. The third-order valence-electron chi connectivity index (χ3n) is 4.05. The van der Waals surface area contributed by atoms with Crippen LogP contribution in [0.3, 0.4) is 0 Å². The van der Waals surface area contributed by atoms with Crippen LogP contribution in [-0.4, -0.2) is 44.9 Å². The Hall–Kier alpha value is -1.06. The molecule has 1 aliphatic heterocycles. The highest BCUT2D eigenvalue weighted by Crippen LogP contribution is 2.33. The molecule has 1 amide bonds. The van der Waals surface area contributed by atoms with Crippen molar-refractivity contribution in [3.8, 4) is 0 Å². The van der Waals surface area contributed by atoms with Crippen molar-refractivity contribution in [2.45, 2.75) is 4.90 Å². The first-order chi connectivity index (χ1) is 13.2. The molecule has 6 nitrogen and oxygen atoms in total. The van der Waals surface area contributed by atoms with E-state index in [1.54, 1.807) is 18.2 Å². The predicted octanol–water partition coefficient (Wildman–Crippen LogP) is 4.57. The Balaban J connectivity index is 1.97. The van der Waals surface area contributed by atoms with E-state index in [1.807, 2.05) is 0 Å². The zero-order valence-electron chi connectivity index (χ0n) is 14.2. The van der Waals surface area contributed by atoms with Crippen LogP contribution in [0.25, 0.3) is 0 Å². The maximum absolute atomic E-state index is 12.9. The quantitative estimate of drug-likeness (QED) is 0.690. The monoisotopic (exact) mass is 482 g/mol. The van der Waals surface area contributed by atoms with Crippen LogP contribution in [0.4, 0.5) is 5.69 Å². The summed E-state index contributed by atoms with van der Waals surface area (Å²) in [6.45, 7) is 0.956. The number of hydrogen-bond donors (Lipinski definition) is 1. The molecule has 11 heteroatoms. The highest BCUT2D eigenvalue weighted by Gasteiger charge is 2.30. The van der Waals surface area contributed by atoms with Gasteiger partial charge in [-0.3, -0.25) is 4.79 Å². The van der Waals surface area contributed by atoms with Crippen molar-refractivity contribution in [1.82, 2.24) is 4.31 Å². The lowest BCUT2D eigenvalue weighted by Gasteiger charge is -2.26. The number of ether oxygens (including phenoxy) is 1. The van der Waals surface area contributed by atoms with Crippen LogP contribution in [0.2, 0.25) is 20.1 Å². The number of benzene rings is 2. The van der Waals surface area contributed by atoms with E-state index >= 15 is 0 Å². The minimum absolute atomic E-state index is 0.00146. The Labute approximate surface area is 182 Å². The van der Waals surface area contributed by atoms with Gasteiger partial charge in [0.25, 0.3) is 5.91 Å². The van der Waals surface area contributed by atoms with E-state index in [-0.39, 0.29) is 62.5 Å². The molecule has 0 aliphatic carbocycles. The van der Waals surface area contributed by atoms with Crippen LogP contribution in [-0.2, 0) is 14.8 Å². The Morgan fingerprint density at radius 1 is 1.00 bits per heavy atom. The lowest BCUT2D eigenvalue weighted by molar-refractivity contribution is 0.0730. The maximum atomic E-state index is 12.9. The van der Waals surface area contributed by atoms with Crippen LogP contribution in [0, 0.1) is 0 Å². The molecule has 2 aromatic carbocycles. The Kier molecular flexibility index (Phi) is 6.76. The molecule has 0 atom stereocenters. The lowest BCUT2D eigenvalue weighted by Crippen LogP contribution is -2.40. The third-order valence-corrected chi connectivity index (χ3v) is 7.55. The van der Waals surface area contributed by atoms with Crippen molar-refractivity contribution < 1.29 is 17.9 Å². The normalized spacial score (nSPS) is 15.4. The summed E-state index contributed by atoms with van der Waals surface area (Å²) in [6.07, 6.45) is 0. The first-order valence-electron chi connectivity index (χ1n) is 8.04. The van der Waals surface area contributed by atoms with E-state index in [2.05, 4.69) is 5.32 Å². The number of sulfonamides is 1. The topological polar surface area (TPSA) is 75.7 Å². The fraction of sp³-hybridized carbons (Fsp3) is 0.235. The third kappa shape index (κ3) is 4.41. The summed E-state index contributed by atoms with van der Waals surface area (Å²) < 4.78 is 32.3. The summed E-state index contributed by atoms with van der Waals surface area (Å²) in [6, 6.07) is 7.12. The molecule has 0 radical (unpaired) electrons. The van der Waals surface area contributed by atoms with Gasteiger partial charge in [-0.1, -0.05) is 52.5 Å². The molecule has 2 aromatic rings. The zero-order valence-corrected chi connectivity index (χ0v) is 18.1. The SMILES string of the molecule is O=C(Nc1cccc(Cl)c1Cl)c1cc(S(=O)(=O)N2CCOCC2)c(Cl)cc1Cl. The number of amides is 1. The largest absolute Gasteiger partial charge is 0.379 e. The summed E-state index contributed by atoms with van der Waals surface area (Å²) in [5.41, 5.74) is 0.205. The number of carbonyl (C=O) groups is 1. The minimum Gasteiger partial charge on any atom is -0.379 e. The number of halogens is 4. The summed E-state index contributed by atoms with van der Waals surface area (Å²) in [5, 5.41) is 2.92. The minimum atomic E-state index is -3.92. The predicted molar refractivity (Wildman–Crippen MR) is 110 cm³/mol. The highest BCUT2D eigenvalue weighted by molar-refractivity contribution is 7.89. The Morgan fingerprint density at radius 3 is 2.36 bits per heavy atom. The number of anilines is 1. The van der Waals surface area contributed by atoms with E-state index in [0.717, 1.165) is 6.07 Å². The average molecular weight is 484 g/mol. The summed E-state index contributed by atoms with van der Waals surface area (Å²) in [4.78, 5) is 12.5. The van der Waals surface area contributed by atoms with Gasteiger partial charge in [0.1, 0.15) is 4.90 Å². The molecular formula is C17H14Cl4N2O4S. The highest BCUT2D eigenvalue weighted by atomic mass is 35.5. The number of nitrogens with one attached hydrogen (secondary N) is 1. The molecule has 0 spiro atoms. The van der Waals surface area contributed by atoms with Gasteiger partial charge in [0, 0.05) is 13.1 Å². The van der Waals surface area contributed by atoms with Gasteiger partial charge in [-0.25, -0.2) is 8.42 Å². The molecule has 3 rings (SSSR count). The number of carbonyl (C=O) groups excluding carboxylic acids is 1. The number of hydrogen-bond acceptors (Lipinski definition) is 4. The first-order valence-corrected chi connectivity index (χ1v) is 11.0. The zero-order chi connectivity index (χ0) is 20.5. The van der Waals surface area contributed by atoms with Gasteiger partial charge >= 0.3 is 0 Å². The van der Waals surface area contributed by atoms with E-state index in [0.29, 0.717) is 0 Å². The maximum Gasteiger partial charge on any atom is 0.257 e. The van der Waals surface area contributed by atoms with Crippen molar-refractivity contribution in [3.05, 3.63) is 56.0 Å². The van der Waals surface area contributed by atoms with Crippen molar-refractivity contribution in [2.75, 3.05) is 31.6 Å². The molecule has 28 heavy (non-hydrogen) atoms. The van der Waals surface area contributed by atoms with Gasteiger partial charge in [-0.2, -0.15) is 4.31 Å². The number of rotatable bonds is 4. The van der Waals surface area contributed by atoms with Gasteiger partial charge in [0.15, 0.2) is 0 Å². The number of nitrogens with zero attached hydrogens (tertiary/aromatic N) is 1. The summed E-state index contributed by atoms with van der Waals surface area (Å²) in [7, 11) is -3.92. The molecule has 1 saturated heterocycles. The molecule has 0 aromatic heterocycles. The second-order valence-corrected chi connectivity index (χ2v) is 9.34. The van der Waals surface area contributed by atoms with Gasteiger partial charge in [0.05, 0.1) is 44.6 Å². The molecule has 1 aliphatic rings. The second kappa shape index (κ2) is 8.75. The molecule has 1 heterocycles. The molecule has 0 saturated carbocycles. The van der Waals surface area contributed by atoms with Gasteiger partial charge in [-0.15, -0.1) is 0 Å². The molecule has 1 fully saturated rings. The smallest absolute Gasteiger partial charge is 0.257 e. The van der Waals surface area contributed by atoms with E-state index in [4.69, 9.17) is 51.1 Å². The molecule has 1 N–H and O–H groups in total. The van der Waals surface area contributed by atoms with E-state index in [9.17, 15) is 13.2 Å². The first kappa shape index (κ1) is 21.6. The molecule has 0 unspecified atom stereocenters. The molecule has 150 valence electrons. The Morgan fingerprint density at radius 2 is 1.68 bits per heavy atom. The van der Waals surface area contributed by atoms with Crippen LogP contribution < -0.4 is 5.32 Å². The second-order valence-electron chi connectivity index (χ2n) is 5.83. The van der Waals surface area contributed by atoms with E-state index < -0.39 is 15.9 Å². The molecular weight excluding hydrogens is 470 g/mol. The van der Waals surface area contributed by atoms with Crippen molar-refractivity contribution in [3.63, 3.8) is 0 Å². The van der Waals surface area contributed by atoms with Crippen LogP contribution in [0.15, 0.2) is 35.2 Å². The average Bonchev–Trinajstić information content (AvgIpc) is 2.66. The summed E-state index contributed by atoms with van der Waals surface area (Å²) >= 11 is 24.3. The van der Waals surface area contributed by atoms with E-state index in [1.165, 1.54) is 10.4 Å². The Bertz CT molecular complexity index is 1020. The molecule has 0 bridgehead atoms. The van der Waals surface area contributed by atoms with Crippen LogP contribution in [0.1, 0.15) is 10.4 Å².